The number of ether oxygens (including phenoxy) is 1. The van der Waals surface area contributed by atoms with Crippen molar-refractivity contribution in [1.82, 2.24) is 10.6 Å². The Morgan fingerprint density at radius 3 is 2.59 bits per heavy atom. The fourth-order valence-electron chi connectivity index (χ4n) is 2.83. The monoisotopic (exact) mass is 413 g/mol. The van der Waals surface area contributed by atoms with E-state index in [-0.39, 0.29) is 24.7 Å². The van der Waals surface area contributed by atoms with E-state index in [1.54, 1.807) is 0 Å². The molecule has 0 spiro atoms. The van der Waals surface area contributed by atoms with Crippen LogP contribution in [0.2, 0.25) is 0 Å². The average molecular weight is 413 g/mol. The summed E-state index contributed by atoms with van der Waals surface area (Å²) in [5.74, 6) is -3.12. The van der Waals surface area contributed by atoms with Crippen molar-refractivity contribution >= 4 is 29.5 Å². The molecule has 4 amide bonds. The molecular formula is C18H18F3N3O5. The molecule has 2 aliphatic rings. The van der Waals surface area contributed by atoms with Crippen LogP contribution in [0.25, 0.3) is 0 Å². The number of hydrogen-bond donors (Lipinski definition) is 2. The van der Waals surface area contributed by atoms with E-state index in [0.717, 1.165) is 29.9 Å². The molecule has 1 saturated carbocycles. The molecule has 1 aliphatic carbocycles. The second-order valence-corrected chi connectivity index (χ2v) is 6.86. The van der Waals surface area contributed by atoms with Gasteiger partial charge in [0.15, 0.2) is 6.61 Å². The fourth-order valence-corrected chi connectivity index (χ4v) is 2.83. The van der Waals surface area contributed by atoms with Crippen LogP contribution in [0.15, 0.2) is 24.3 Å². The summed E-state index contributed by atoms with van der Waals surface area (Å²) in [6.45, 7) is -0.867. The zero-order valence-corrected chi connectivity index (χ0v) is 15.1. The number of rotatable bonds is 5. The van der Waals surface area contributed by atoms with Gasteiger partial charge in [-0.15, -0.1) is 0 Å². The lowest BCUT2D eigenvalue weighted by Gasteiger charge is -2.18. The lowest BCUT2D eigenvalue weighted by molar-refractivity contribution is -0.152. The van der Waals surface area contributed by atoms with Crippen molar-refractivity contribution in [3.63, 3.8) is 0 Å². The average Bonchev–Trinajstić information content (AvgIpc) is 3.37. The highest BCUT2D eigenvalue weighted by molar-refractivity contribution is 6.00. The van der Waals surface area contributed by atoms with Crippen molar-refractivity contribution in [2.45, 2.75) is 31.5 Å². The molecule has 156 valence electrons. The van der Waals surface area contributed by atoms with Crippen molar-refractivity contribution in [3.05, 3.63) is 29.8 Å². The van der Waals surface area contributed by atoms with Crippen LogP contribution in [0.3, 0.4) is 0 Å². The van der Waals surface area contributed by atoms with Crippen LogP contribution in [0.1, 0.15) is 24.8 Å². The first kappa shape index (κ1) is 20.6. The number of halogens is 3. The lowest BCUT2D eigenvalue weighted by atomic mass is 10.1. The second-order valence-electron chi connectivity index (χ2n) is 6.86. The molecule has 3 rings (SSSR count). The number of alkyl halides is 3. The summed E-state index contributed by atoms with van der Waals surface area (Å²) >= 11 is 0. The number of esters is 1. The summed E-state index contributed by atoms with van der Waals surface area (Å²) in [5.41, 5.74) is -0.885. The maximum atomic E-state index is 12.9. The summed E-state index contributed by atoms with van der Waals surface area (Å²) in [6.07, 6.45) is -3.13. The second kappa shape index (κ2) is 8.10. The minimum absolute atomic E-state index is 0.0228. The molecule has 29 heavy (non-hydrogen) atoms. The molecule has 2 N–H and O–H groups in total. The third kappa shape index (κ3) is 5.46. The van der Waals surface area contributed by atoms with E-state index < -0.39 is 48.1 Å². The van der Waals surface area contributed by atoms with E-state index in [1.807, 2.05) is 5.32 Å². The molecule has 8 nitrogen and oxygen atoms in total. The summed E-state index contributed by atoms with van der Waals surface area (Å²) in [6, 6.07) is 3.60. The first-order valence-electron chi connectivity index (χ1n) is 8.88. The number of benzene rings is 1. The first-order chi connectivity index (χ1) is 13.6. The number of amides is 4. The van der Waals surface area contributed by atoms with E-state index in [4.69, 9.17) is 4.74 Å². The van der Waals surface area contributed by atoms with E-state index in [1.165, 1.54) is 12.1 Å². The molecule has 1 aromatic carbocycles. The number of nitrogens with zero attached hydrogens (tertiary/aromatic N) is 1. The highest BCUT2D eigenvalue weighted by Gasteiger charge is 2.38. The molecule has 1 atom stereocenters. The minimum atomic E-state index is -4.56. The Bertz CT molecular complexity index is 838. The minimum Gasteiger partial charge on any atom is -0.455 e. The molecule has 1 aromatic rings. The highest BCUT2D eigenvalue weighted by Crippen LogP contribution is 2.33. The molecule has 11 heteroatoms. The number of hydrogen-bond acceptors (Lipinski definition) is 5. The topological polar surface area (TPSA) is 105 Å². The summed E-state index contributed by atoms with van der Waals surface area (Å²) in [7, 11) is 0. The number of urea groups is 1. The number of nitrogens with one attached hydrogen (secondary N) is 2. The summed E-state index contributed by atoms with van der Waals surface area (Å²) in [4.78, 5) is 48.4. The Labute approximate surface area is 163 Å². The van der Waals surface area contributed by atoms with Gasteiger partial charge in [-0.25, -0.2) is 4.79 Å². The van der Waals surface area contributed by atoms with E-state index in [9.17, 15) is 32.3 Å². The van der Waals surface area contributed by atoms with Crippen LogP contribution in [0.4, 0.5) is 23.7 Å². The molecule has 2 fully saturated rings. The standard InChI is InChI=1S/C18H18F3N3O5/c19-18(20,21)11-2-1-3-13(7-11)24-8-10(6-15(24)26)16(27)29-9-14(25)23-17(28)22-12-4-5-12/h1-3,7,10,12H,4-6,8-9H2,(H2,22,23,25,28). The molecule has 1 heterocycles. The zero-order valence-electron chi connectivity index (χ0n) is 15.1. The van der Waals surface area contributed by atoms with Gasteiger partial charge in [0.1, 0.15) is 0 Å². The van der Waals surface area contributed by atoms with Gasteiger partial charge in [0, 0.05) is 24.7 Å². The van der Waals surface area contributed by atoms with Gasteiger partial charge in [0.2, 0.25) is 5.91 Å². The van der Waals surface area contributed by atoms with Crippen molar-refractivity contribution in [2.24, 2.45) is 5.92 Å². The number of carbonyl (C=O) groups excluding carboxylic acids is 4. The largest absolute Gasteiger partial charge is 0.455 e. The zero-order chi connectivity index (χ0) is 21.2. The Morgan fingerprint density at radius 1 is 1.21 bits per heavy atom. The van der Waals surface area contributed by atoms with Gasteiger partial charge in [-0.05, 0) is 31.0 Å². The molecule has 1 saturated heterocycles. The predicted octanol–water partition coefficient (Wildman–Crippen LogP) is 1.59. The number of carbonyl (C=O) groups is 4. The number of imide groups is 1. The molecular weight excluding hydrogens is 395 g/mol. The highest BCUT2D eigenvalue weighted by atomic mass is 19.4. The van der Waals surface area contributed by atoms with Crippen LogP contribution in [-0.4, -0.2) is 43.0 Å². The van der Waals surface area contributed by atoms with Crippen molar-refractivity contribution in [3.8, 4) is 0 Å². The molecule has 1 unspecified atom stereocenters. The van der Waals surface area contributed by atoms with Crippen LogP contribution in [0.5, 0.6) is 0 Å². The van der Waals surface area contributed by atoms with Crippen molar-refractivity contribution in [2.75, 3.05) is 18.1 Å². The van der Waals surface area contributed by atoms with E-state index >= 15 is 0 Å². The van der Waals surface area contributed by atoms with Gasteiger partial charge in [-0.3, -0.25) is 19.7 Å². The quantitative estimate of drug-likeness (QED) is 0.714. The van der Waals surface area contributed by atoms with Gasteiger partial charge >= 0.3 is 18.2 Å². The van der Waals surface area contributed by atoms with Crippen molar-refractivity contribution in [1.29, 1.82) is 0 Å². The first-order valence-corrected chi connectivity index (χ1v) is 8.88. The Morgan fingerprint density at radius 2 is 1.93 bits per heavy atom. The van der Waals surface area contributed by atoms with Crippen LogP contribution in [0, 0.1) is 5.92 Å². The van der Waals surface area contributed by atoms with Crippen LogP contribution >= 0.6 is 0 Å². The third-order valence-electron chi connectivity index (χ3n) is 4.45. The van der Waals surface area contributed by atoms with Crippen molar-refractivity contribution < 1.29 is 37.1 Å². The predicted molar refractivity (Wildman–Crippen MR) is 92.6 cm³/mol. The lowest BCUT2D eigenvalue weighted by Crippen LogP contribution is -2.42. The van der Waals surface area contributed by atoms with Gasteiger partial charge in [-0.1, -0.05) is 6.07 Å². The third-order valence-corrected chi connectivity index (χ3v) is 4.45. The Balaban J connectivity index is 1.52. The maximum absolute atomic E-state index is 12.9. The molecule has 0 radical (unpaired) electrons. The van der Waals surface area contributed by atoms with Gasteiger partial charge < -0.3 is 15.0 Å². The fraction of sp³-hybridized carbons (Fsp3) is 0.444. The Kier molecular flexibility index (Phi) is 5.76. The normalized spacial score (nSPS) is 19.1. The summed E-state index contributed by atoms with van der Waals surface area (Å²) in [5, 5.41) is 4.54. The summed E-state index contributed by atoms with van der Waals surface area (Å²) < 4.78 is 43.4. The van der Waals surface area contributed by atoms with Gasteiger partial charge in [0.05, 0.1) is 11.5 Å². The van der Waals surface area contributed by atoms with Gasteiger partial charge in [0.25, 0.3) is 5.91 Å². The number of anilines is 1. The van der Waals surface area contributed by atoms with E-state index in [0.29, 0.717) is 0 Å². The van der Waals surface area contributed by atoms with Crippen LogP contribution in [-0.2, 0) is 25.3 Å². The molecule has 1 aliphatic heterocycles. The SMILES string of the molecule is O=C(COC(=O)C1CC(=O)N(c2cccc(C(F)(F)F)c2)C1)NC(=O)NC1CC1. The van der Waals surface area contributed by atoms with Gasteiger partial charge in [-0.2, -0.15) is 13.2 Å². The molecule has 0 aromatic heterocycles. The van der Waals surface area contributed by atoms with Crippen LogP contribution < -0.4 is 15.5 Å². The smallest absolute Gasteiger partial charge is 0.416 e. The van der Waals surface area contributed by atoms with E-state index in [2.05, 4.69) is 5.32 Å². The molecule has 0 bridgehead atoms. The maximum Gasteiger partial charge on any atom is 0.416 e. The Hall–Kier alpha value is -3.11.